The van der Waals surface area contributed by atoms with Crippen molar-refractivity contribution in [2.24, 2.45) is 5.92 Å². The van der Waals surface area contributed by atoms with Crippen molar-refractivity contribution >= 4 is 6.03 Å². The normalized spacial score (nSPS) is 33.3. The quantitative estimate of drug-likeness (QED) is 0.820. The molecule has 0 spiro atoms. The molecule has 6 heteroatoms. The number of amides is 2. The van der Waals surface area contributed by atoms with Crippen molar-refractivity contribution in [3.8, 4) is 11.5 Å². The fourth-order valence-electron chi connectivity index (χ4n) is 5.75. The Hall–Kier alpha value is -1.95. The number of carbonyl (C=O) groups excluding carboxylic acids is 1. The molecule has 27 heavy (non-hydrogen) atoms. The van der Waals surface area contributed by atoms with Crippen LogP contribution in [0.1, 0.15) is 38.2 Å². The van der Waals surface area contributed by atoms with E-state index in [-0.39, 0.29) is 6.03 Å². The second-order valence-corrected chi connectivity index (χ2v) is 8.18. The van der Waals surface area contributed by atoms with Gasteiger partial charge in [0.1, 0.15) is 0 Å². The Kier molecular flexibility index (Phi) is 4.19. The predicted molar refractivity (Wildman–Crippen MR) is 102 cm³/mol. The summed E-state index contributed by atoms with van der Waals surface area (Å²) in [4.78, 5) is 20.1. The molecule has 5 aliphatic heterocycles. The highest BCUT2D eigenvalue weighted by Crippen LogP contribution is 2.48. The number of ether oxygens (including phenoxy) is 2. The smallest absolute Gasteiger partial charge is 0.320 e. The molecule has 1 aromatic carbocycles. The number of benzene rings is 1. The first kappa shape index (κ1) is 17.2. The van der Waals surface area contributed by atoms with Crippen LogP contribution in [0.15, 0.2) is 18.2 Å². The van der Waals surface area contributed by atoms with Gasteiger partial charge in [0.05, 0.1) is 6.04 Å². The molecule has 5 heterocycles. The molecule has 146 valence electrons. The van der Waals surface area contributed by atoms with Crippen molar-refractivity contribution in [2.45, 2.75) is 44.7 Å². The number of nitrogens with zero attached hydrogens (tertiary/aromatic N) is 3. The van der Waals surface area contributed by atoms with E-state index in [0.29, 0.717) is 30.7 Å². The number of urea groups is 1. The molecule has 0 aliphatic carbocycles. The zero-order valence-corrected chi connectivity index (χ0v) is 16.3. The van der Waals surface area contributed by atoms with Gasteiger partial charge >= 0.3 is 6.03 Å². The summed E-state index contributed by atoms with van der Waals surface area (Å²) in [5, 5.41) is 0. The Morgan fingerprint density at radius 2 is 1.85 bits per heavy atom. The highest BCUT2D eigenvalue weighted by Gasteiger charge is 2.55. The molecule has 2 amide bonds. The van der Waals surface area contributed by atoms with Gasteiger partial charge < -0.3 is 19.3 Å². The average molecular weight is 371 g/mol. The molecule has 4 fully saturated rings. The minimum Gasteiger partial charge on any atom is -0.454 e. The Morgan fingerprint density at radius 3 is 2.59 bits per heavy atom. The molecule has 3 atom stereocenters. The summed E-state index contributed by atoms with van der Waals surface area (Å²) >= 11 is 0. The van der Waals surface area contributed by atoms with E-state index < -0.39 is 0 Å². The van der Waals surface area contributed by atoms with E-state index >= 15 is 0 Å². The van der Waals surface area contributed by atoms with Crippen LogP contribution < -0.4 is 9.47 Å². The first-order valence-corrected chi connectivity index (χ1v) is 10.4. The standard InChI is InChI=1S/C21H29N3O3/c1-3-22(4-2)21(25)24-12-16(15-5-6-17-18(11-15)27-13-26-17)20-19(24)14-7-9-23(20)10-8-14/h5-6,11,14,16,19-20H,3-4,7-10,12-13H2,1-2H3/t16-,19+,20+/m1/s1. The van der Waals surface area contributed by atoms with E-state index in [1.165, 1.54) is 31.5 Å². The molecular weight excluding hydrogens is 342 g/mol. The molecule has 4 saturated heterocycles. The molecule has 0 saturated carbocycles. The van der Waals surface area contributed by atoms with E-state index in [0.717, 1.165) is 31.1 Å². The fraction of sp³-hybridized carbons (Fsp3) is 0.667. The van der Waals surface area contributed by atoms with Gasteiger partial charge in [0, 0.05) is 31.6 Å². The Morgan fingerprint density at radius 1 is 1.11 bits per heavy atom. The number of piperidine rings is 3. The van der Waals surface area contributed by atoms with E-state index in [4.69, 9.17) is 9.47 Å². The summed E-state index contributed by atoms with van der Waals surface area (Å²) in [7, 11) is 0. The zero-order chi connectivity index (χ0) is 18.5. The highest BCUT2D eigenvalue weighted by atomic mass is 16.7. The van der Waals surface area contributed by atoms with Crippen LogP contribution in [0, 0.1) is 5.92 Å². The molecule has 0 N–H and O–H groups in total. The average Bonchev–Trinajstić information content (AvgIpc) is 3.35. The van der Waals surface area contributed by atoms with Gasteiger partial charge in [-0.3, -0.25) is 4.90 Å². The van der Waals surface area contributed by atoms with Gasteiger partial charge in [0.25, 0.3) is 0 Å². The largest absolute Gasteiger partial charge is 0.454 e. The minimum absolute atomic E-state index is 0.215. The predicted octanol–water partition coefficient (Wildman–Crippen LogP) is 2.74. The van der Waals surface area contributed by atoms with Gasteiger partial charge in [0.15, 0.2) is 11.5 Å². The van der Waals surface area contributed by atoms with Gasteiger partial charge in [-0.15, -0.1) is 0 Å². The Bertz CT molecular complexity index is 727. The molecule has 5 aliphatic rings. The number of carbonyl (C=O) groups is 1. The lowest BCUT2D eigenvalue weighted by atomic mass is 9.75. The lowest BCUT2D eigenvalue weighted by Crippen LogP contribution is -2.61. The van der Waals surface area contributed by atoms with Gasteiger partial charge in [-0.05, 0) is 63.4 Å². The second-order valence-electron chi connectivity index (χ2n) is 8.18. The number of hydrogen-bond donors (Lipinski definition) is 0. The molecule has 0 aromatic heterocycles. The minimum atomic E-state index is 0.215. The van der Waals surface area contributed by atoms with Crippen LogP contribution in [0.2, 0.25) is 0 Å². The van der Waals surface area contributed by atoms with Crippen LogP contribution >= 0.6 is 0 Å². The molecule has 6 rings (SSSR count). The Labute approximate surface area is 161 Å². The first-order chi connectivity index (χ1) is 13.2. The maximum atomic E-state index is 13.3. The van der Waals surface area contributed by atoms with E-state index in [9.17, 15) is 4.79 Å². The van der Waals surface area contributed by atoms with Crippen molar-refractivity contribution < 1.29 is 14.3 Å². The third-order valence-electron chi connectivity index (χ3n) is 7.10. The zero-order valence-electron chi connectivity index (χ0n) is 16.3. The van der Waals surface area contributed by atoms with Gasteiger partial charge in [-0.1, -0.05) is 6.07 Å². The van der Waals surface area contributed by atoms with E-state index in [1.54, 1.807) is 0 Å². The van der Waals surface area contributed by atoms with Crippen LogP contribution in [0.5, 0.6) is 11.5 Å². The lowest BCUT2D eigenvalue weighted by molar-refractivity contribution is -0.000203. The van der Waals surface area contributed by atoms with E-state index in [2.05, 4.69) is 35.8 Å². The number of rotatable bonds is 3. The summed E-state index contributed by atoms with van der Waals surface area (Å²) < 4.78 is 11.1. The monoisotopic (exact) mass is 371 g/mol. The number of hydrogen-bond acceptors (Lipinski definition) is 4. The summed E-state index contributed by atoms with van der Waals surface area (Å²) in [5.41, 5.74) is 1.27. The third-order valence-corrected chi connectivity index (χ3v) is 7.10. The molecule has 1 aromatic rings. The topological polar surface area (TPSA) is 45.3 Å². The first-order valence-electron chi connectivity index (χ1n) is 10.4. The van der Waals surface area contributed by atoms with Crippen LogP contribution in [0.4, 0.5) is 4.79 Å². The lowest BCUT2D eigenvalue weighted by Gasteiger charge is -2.51. The third kappa shape index (κ3) is 2.60. The molecular formula is C21H29N3O3. The summed E-state index contributed by atoms with van der Waals surface area (Å²) in [6.45, 7) is 9.12. The SMILES string of the molecule is CCN(CC)C(=O)N1C[C@H](c2ccc3c(c2)OCO3)[C@H]2[C@@H]1C1CCN2CC1. The van der Waals surface area contributed by atoms with Crippen molar-refractivity contribution in [3.05, 3.63) is 23.8 Å². The number of fused-ring (bicyclic) bond motifs is 3. The maximum Gasteiger partial charge on any atom is 0.320 e. The van der Waals surface area contributed by atoms with Crippen LogP contribution in [-0.2, 0) is 0 Å². The molecule has 6 nitrogen and oxygen atoms in total. The Balaban J connectivity index is 1.50. The van der Waals surface area contributed by atoms with Crippen LogP contribution in [-0.4, -0.2) is 72.3 Å². The number of likely N-dealkylation sites (tertiary alicyclic amines) is 1. The maximum absolute atomic E-state index is 13.3. The second kappa shape index (κ2) is 6.59. The summed E-state index contributed by atoms with van der Waals surface area (Å²) in [6, 6.07) is 7.32. The van der Waals surface area contributed by atoms with Crippen LogP contribution in [0.25, 0.3) is 0 Å². The summed E-state index contributed by atoms with van der Waals surface area (Å²) in [6.07, 6.45) is 2.44. The van der Waals surface area contributed by atoms with Gasteiger partial charge in [0.2, 0.25) is 6.79 Å². The molecule has 0 radical (unpaired) electrons. The van der Waals surface area contributed by atoms with Gasteiger partial charge in [-0.2, -0.15) is 0 Å². The molecule has 2 bridgehead atoms. The highest BCUT2D eigenvalue weighted by molar-refractivity contribution is 5.76. The summed E-state index contributed by atoms with van der Waals surface area (Å²) in [5.74, 6) is 2.65. The fourth-order valence-corrected chi connectivity index (χ4v) is 5.75. The van der Waals surface area contributed by atoms with E-state index in [1.807, 2.05) is 11.0 Å². The van der Waals surface area contributed by atoms with Gasteiger partial charge in [-0.25, -0.2) is 4.79 Å². The van der Waals surface area contributed by atoms with Crippen molar-refractivity contribution in [3.63, 3.8) is 0 Å². The van der Waals surface area contributed by atoms with Crippen molar-refractivity contribution in [1.82, 2.24) is 14.7 Å². The van der Waals surface area contributed by atoms with Crippen molar-refractivity contribution in [2.75, 3.05) is 39.5 Å². The van der Waals surface area contributed by atoms with Crippen molar-refractivity contribution in [1.29, 1.82) is 0 Å². The van der Waals surface area contributed by atoms with Crippen LogP contribution in [0.3, 0.4) is 0 Å². The molecule has 0 unspecified atom stereocenters.